The van der Waals surface area contributed by atoms with Crippen LogP contribution in [0, 0.1) is 6.92 Å². The van der Waals surface area contributed by atoms with E-state index >= 15 is 0 Å². The number of carbonyl (C=O) groups excluding carboxylic acids is 2. The normalized spacial score (nSPS) is 10.0. The van der Waals surface area contributed by atoms with Gasteiger partial charge in [-0.2, -0.15) is 0 Å². The van der Waals surface area contributed by atoms with E-state index in [-0.39, 0.29) is 0 Å². The summed E-state index contributed by atoms with van der Waals surface area (Å²) in [6, 6.07) is 8.59. The number of fused-ring (bicyclic) bond motifs is 1. The largest absolute Gasteiger partial charge is 0.513 e. The minimum absolute atomic E-state index is 0.332. The molecule has 5 nitrogen and oxygen atoms in total. The van der Waals surface area contributed by atoms with Gasteiger partial charge in [0.25, 0.3) is 0 Å². The summed E-state index contributed by atoms with van der Waals surface area (Å²) < 4.78 is 14.8. The Labute approximate surface area is 121 Å². The molecule has 0 aliphatic rings. The molecule has 2 rings (SSSR count). The third-order valence-corrected chi connectivity index (χ3v) is 2.83. The van der Waals surface area contributed by atoms with E-state index in [1.54, 1.807) is 18.2 Å². The van der Waals surface area contributed by atoms with Gasteiger partial charge in [0.05, 0.1) is 7.11 Å². The molecule has 5 heteroatoms. The number of ether oxygens (including phenoxy) is 3. The molecule has 0 saturated carbocycles. The van der Waals surface area contributed by atoms with Crippen LogP contribution in [0.2, 0.25) is 0 Å². The summed E-state index contributed by atoms with van der Waals surface area (Å²) in [4.78, 5) is 22.6. The summed E-state index contributed by atoms with van der Waals surface area (Å²) in [5, 5.41) is 1.30. The van der Waals surface area contributed by atoms with Crippen molar-refractivity contribution in [3.05, 3.63) is 48.6 Å². The lowest BCUT2D eigenvalue weighted by Gasteiger charge is -2.11. The van der Waals surface area contributed by atoms with E-state index in [9.17, 15) is 9.59 Å². The highest BCUT2D eigenvalue weighted by Crippen LogP contribution is 2.34. The molecule has 0 atom stereocenters. The van der Waals surface area contributed by atoms with E-state index in [4.69, 9.17) is 9.47 Å². The highest BCUT2D eigenvalue weighted by Gasteiger charge is 2.13. The predicted octanol–water partition coefficient (Wildman–Crippen LogP) is 3.38. The van der Waals surface area contributed by atoms with Crippen LogP contribution >= 0.6 is 0 Å². The van der Waals surface area contributed by atoms with Crippen LogP contribution in [-0.2, 0) is 9.53 Å². The summed E-state index contributed by atoms with van der Waals surface area (Å²) in [5.41, 5.74) is 0.976. The average molecular weight is 286 g/mol. The van der Waals surface area contributed by atoms with E-state index in [1.807, 2.05) is 19.1 Å². The predicted molar refractivity (Wildman–Crippen MR) is 77.6 cm³/mol. The van der Waals surface area contributed by atoms with Gasteiger partial charge in [0.15, 0.2) is 0 Å². The zero-order valence-corrected chi connectivity index (χ0v) is 11.7. The van der Waals surface area contributed by atoms with Crippen LogP contribution in [0.25, 0.3) is 10.8 Å². The fourth-order valence-electron chi connectivity index (χ4n) is 1.87. The number of hydrogen-bond donors (Lipinski definition) is 0. The van der Waals surface area contributed by atoms with Gasteiger partial charge in [-0.1, -0.05) is 24.3 Å². The maximum atomic E-state index is 11.4. The van der Waals surface area contributed by atoms with Gasteiger partial charge in [-0.25, -0.2) is 9.59 Å². The smallest absolute Gasteiger partial charge is 0.437 e. The highest BCUT2D eigenvalue weighted by molar-refractivity contribution is 5.97. The van der Waals surface area contributed by atoms with Gasteiger partial charge in [-0.15, -0.1) is 0 Å². The monoisotopic (exact) mass is 286 g/mol. The molecule has 0 amide bonds. The highest BCUT2D eigenvalue weighted by atomic mass is 16.7. The molecule has 0 N–H and O–H groups in total. The van der Waals surface area contributed by atoms with Crippen LogP contribution in [0.3, 0.4) is 0 Å². The van der Waals surface area contributed by atoms with Crippen LogP contribution in [-0.4, -0.2) is 19.2 Å². The van der Waals surface area contributed by atoms with Gasteiger partial charge in [-0.3, -0.25) is 0 Å². The minimum Gasteiger partial charge on any atom is -0.437 e. The zero-order chi connectivity index (χ0) is 15.4. The Hall–Kier alpha value is -2.82. The molecule has 0 aliphatic heterocycles. The molecule has 0 unspecified atom stereocenters. The first kappa shape index (κ1) is 14.6. The van der Waals surface area contributed by atoms with Gasteiger partial charge in [0.1, 0.15) is 11.5 Å². The van der Waals surface area contributed by atoms with Crippen molar-refractivity contribution in [1.29, 1.82) is 0 Å². The van der Waals surface area contributed by atoms with E-state index in [1.165, 1.54) is 7.11 Å². The maximum Gasteiger partial charge on any atom is 0.513 e. The summed E-state index contributed by atoms with van der Waals surface area (Å²) in [6.45, 7) is 5.27. The van der Waals surface area contributed by atoms with Crippen molar-refractivity contribution >= 4 is 22.9 Å². The summed E-state index contributed by atoms with van der Waals surface area (Å²) >= 11 is 0. The maximum absolute atomic E-state index is 11.4. The number of aryl methyl sites for hydroxylation is 1. The van der Waals surface area contributed by atoms with Crippen molar-refractivity contribution in [3.8, 4) is 11.5 Å². The molecule has 2 aromatic rings. The van der Waals surface area contributed by atoms with Crippen molar-refractivity contribution in [2.75, 3.05) is 7.11 Å². The standard InChI is InChI=1S/C16H14O5/c1-4-15(17)20-13-7-8-14(21-16(18)19-3)12-9-10(2)5-6-11(12)13/h4-9H,1H2,2-3H3. The number of rotatable bonds is 3. The molecule has 0 radical (unpaired) electrons. The van der Waals surface area contributed by atoms with Crippen LogP contribution in [0.5, 0.6) is 11.5 Å². The quantitative estimate of drug-likeness (QED) is 0.374. The van der Waals surface area contributed by atoms with E-state index in [0.29, 0.717) is 22.3 Å². The SMILES string of the molecule is C=CC(=O)Oc1ccc(OC(=O)OC)c2cc(C)ccc12. The lowest BCUT2D eigenvalue weighted by molar-refractivity contribution is -0.128. The molecule has 0 saturated heterocycles. The third kappa shape index (κ3) is 3.20. The zero-order valence-electron chi connectivity index (χ0n) is 11.7. The second kappa shape index (κ2) is 6.09. The molecule has 0 fully saturated rings. The number of esters is 1. The number of methoxy groups -OCH3 is 1. The van der Waals surface area contributed by atoms with Crippen molar-refractivity contribution in [3.63, 3.8) is 0 Å². The van der Waals surface area contributed by atoms with Crippen LogP contribution in [0.4, 0.5) is 4.79 Å². The van der Waals surface area contributed by atoms with Crippen molar-refractivity contribution in [2.24, 2.45) is 0 Å². The molecular weight excluding hydrogens is 272 g/mol. The first-order valence-corrected chi connectivity index (χ1v) is 6.18. The Morgan fingerprint density at radius 3 is 2.33 bits per heavy atom. The second-order valence-electron chi connectivity index (χ2n) is 4.29. The fraction of sp³-hybridized carbons (Fsp3) is 0.125. The Balaban J connectivity index is 2.55. The number of benzene rings is 2. The summed E-state index contributed by atoms with van der Waals surface area (Å²) in [6.07, 6.45) is 0.271. The van der Waals surface area contributed by atoms with Gasteiger partial charge in [0.2, 0.25) is 0 Å². The van der Waals surface area contributed by atoms with Gasteiger partial charge < -0.3 is 14.2 Å². The lowest BCUT2D eigenvalue weighted by Crippen LogP contribution is -2.08. The van der Waals surface area contributed by atoms with Crippen molar-refractivity contribution < 1.29 is 23.8 Å². The van der Waals surface area contributed by atoms with Gasteiger partial charge in [0, 0.05) is 16.8 Å². The third-order valence-electron chi connectivity index (χ3n) is 2.83. The molecule has 0 aromatic heterocycles. The molecule has 0 bridgehead atoms. The van der Waals surface area contributed by atoms with E-state index in [0.717, 1.165) is 11.6 Å². The molecule has 21 heavy (non-hydrogen) atoms. The summed E-state index contributed by atoms with van der Waals surface area (Å²) in [5.74, 6) is 0.143. The molecule has 108 valence electrons. The topological polar surface area (TPSA) is 61.8 Å². The van der Waals surface area contributed by atoms with Crippen molar-refractivity contribution in [2.45, 2.75) is 6.92 Å². The minimum atomic E-state index is -0.811. The van der Waals surface area contributed by atoms with Crippen LogP contribution in [0.15, 0.2) is 43.0 Å². The molecule has 0 heterocycles. The number of carbonyl (C=O) groups is 2. The molecule has 0 aliphatic carbocycles. The first-order chi connectivity index (χ1) is 10.0. The van der Waals surface area contributed by atoms with Crippen LogP contribution < -0.4 is 9.47 Å². The Kier molecular flexibility index (Phi) is 4.23. The Bertz CT molecular complexity index is 718. The fourth-order valence-corrected chi connectivity index (χ4v) is 1.87. The lowest BCUT2D eigenvalue weighted by atomic mass is 10.1. The Morgan fingerprint density at radius 1 is 1.05 bits per heavy atom. The Morgan fingerprint density at radius 2 is 1.71 bits per heavy atom. The van der Waals surface area contributed by atoms with Crippen LogP contribution in [0.1, 0.15) is 5.56 Å². The van der Waals surface area contributed by atoms with Gasteiger partial charge in [-0.05, 0) is 25.1 Å². The molecular formula is C16H14O5. The van der Waals surface area contributed by atoms with E-state index in [2.05, 4.69) is 11.3 Å². The summed E-state index contributed by atoms with van der Waals surface area (Å²) in [7, 11) is 1.23. The van der Waals surface area contributed by atoms with E-state index < -0.39 is 12.1 Å². The molecule has 2 aromatic carbocycles. The van der Waals surface area contributed by atoms with Gasteiger partial charge >= 0.3 is 12.1 Å². The average Bonchev–Trinajstić information content (AvgIpc) is 2.49. The molecule has 0 spiro atoms. The first-order valence-electron chi connectivity index (χ1n) is 6.18. The number of hydrogen-bond acceptors (Lipinski definition) is 5. The van der Waals surface area contributed by atoms with Crippen molar-refractivity contribution in [1.82, 2.24) is 0 Å². The second-order valence-corrected chi connectivity index (χ2v) is 4.29.